The Morgan fingerprint density at radius 1 is 1.28 bits per heavy atom. The summed E-state index contributed by atoms with van der Waals surface area (Å²) in [6.45, 7) is 6.30. The number of nitrogens with zero attached hydrogens (tertiary/aromatic N) is 3. The molecule has 1 aliphatic carbocycles. The van der Waals surface area contributed by atoms with Crippen LogP contribution >= 0.6 is 11.3 Å². The van der Waals surface area contributed by atoms with Gasteiger partial charge in [-0.3, -0.25) is 9.80 Å². The molecule has 4 rings (SSSR count). The smallest absolute Gasteiger partial charge is 0.162 e. The lowest BCUT2D eigenvalue weighted by atomic mass is 9.70. The van der Waals surface area contributed by atoms with Crippen molar-refractivity contribution < 1.29 is 4.79 Å². The zero-order valence-corrected chi connectivity index (χ0v) is 18.4. The van der Waals surface area contributed by atoms with E-state index in [0.29, 0.717) is 17.8 Å². The average molecular weight is 407 g/mol. The van der Waals surface area contributed by atoms with Crippen LogP contribution in [0.1, 0.15) is 43.0 Å². The van der Waals surface area contributed by atoms with Gasteiger partial charge in [-0.25, -0.2) is 5.01 Å². The molecule has 0 unspecified atom stereocenters. The van der Waals surface area contributed by atoms with Crippen LogP contribution in [0.5, 0.6) is 0 Å². The van der Waals surface area contributed by atoms with Crippen LogP contribution in [-0.4, -0.2) is 29.9 Å². The first-order valence-corrected chi connectivity index (χ1v) is 10.6. The summed E-state index contributed by atoms with van der Waals surface area (Å²) in [5.41, 5.74) is 9.65. The predicted octanol–water partition coefficient (Wildman–Crippen LogP) is 4.42. The predicted molar refractivity (Wildman–Crippen MR) is 117 cm³/mol. The largest absolute Gasteiger partial charge is 0.383 e. The molecule has 0 bridgehead atoms. The quantitative estimate of drug-likeness (QED) is 0.799. The van der Waals surface area contributed by atoms with E-state index in [1.807, 2.05) is 36.2 Å². The van der Waals surface area contributed by atoms with Gasteiger partial charge in [-0.15, -0.1) is 11.3 Å². The SMILES string of the molecule is Cc1c([C@@H]2C(C#N)=C(N)N(N(C)C)C3=C2C(=O)CC(C)(C)C3)sc2ccccc12. The minimum Gasteiger partial charge on any atom is -0.383 e. The van der Waals surface area contributed by atoms with Gasteiger partial charge in [0.15, 0.2) is 5.78 Å². The molecule has 1 aromatic heterocycles. The molecule has 1 aliphatic heterocycles. The van der Waals surface area contributed by atoms with Crippen molar-refractivity contribution in [1.29, 1.82) is 5.26 Å². The number of aryl methyl sites for hydroxylation is 1. The molecular formula is C23H26N4OS. The summed E-state index contributed by atoms with van der Waals surface area (Å²) < 4.78 is 1.16. The average Bonchev–Trinajstić information content (AvgIpc) is 2.96. The van der Waals surface area contributed by atoms with Crippen LogP contribution in [0.2, 0.25) is 0 Å². The number of hydrazine groups is 1. The third kappa shape index (κ3) is 2.97. The van der Waals surface area contributed by atoms with E-state index in [4.69, 9.17) is 5.73 Å². The number of ketones is 1. The molecule has 0 radical (unpaired) electrons. The lowest BCUT2D eigenvalue weighted by molar-refractivity contribution is -0.119. The number of fused-ring (bicyclic) bond motifs is 1. The first-order valence-electron chi connectivity index (χ1n) is 9.77. The Balaban J connectivity index is 2.03. The molecule has 6 heteroatoms. The van der Waals surface area contributed by atoms with E-state index < -0.39 is 5.92 Å². The number of hydrogen-bond acceptors (Lipinski definition) is 6. The maximum absolute atomic E-state index is 13.4. The van der Waals surface area contributed by atoms with Crippen molar-refractivity contribution in [2.24, 2.45) is 11.1 Å². The molecule has 29 heavy (non-hydrogen) atoms. The molecule has 5 nitrogen and oxygen atoms in total. The standard InChI is InChI=1S/C23H26N4OS/c1-13-14-8-6-7-9-18(14)29-21(13)19-15(12-24)22(25)27(26(4)5)16-10-23(2,3)11-17(28)20(16)19/h6-9,19H,10-11,25H2,1-5H3/t19-/m1/s1. The maximum atomic E-state index is 13.4. The van der Waals surface area contributed by atoms with Crippen LogP contribution in [-0.2, 0) is 4.79 Å². The van der Waals surface area contributed by atoms with Gasteiger partial charge in [0.1, 0.15) is 5.82 Å². The van der Waals surface area contributed by atoms with Gasteiger partial charge in [-0.05, 0) is 35.8 Å². The van der Waals surface area contributed by atoms with Crippen molar-refractivity contribution in [1.82, 2.24) is 10.0 Å². The molecule has 150 valence electrons. The minimum absolute atomic E-state index is 0.116. The fourth-order valence-corrected chi connectivity index (χ4v) is 6.01. The second-order valence-electron chi connectivity index (χ2n) is 8.89. The fraction of sp³-hybridized carbons (Fsp3) is 0.391. The summed E-state index contributed by atoms with van der Waals surface area (Å²) in [5, 5.41) is 15.0. The van der Waals surface area contributed by atoms with Crippen LogP contribution in [0.3, 0.4) is 0 Å². The van der Waals surface area contributed by atoms with Gasteiger partial charge in [-0.2, -0.15) is 5.26 Å². The number of nitriles is 1. The number of carbonyl (C=O) groups is 1. The fourth-order valence-electron chi connectivity index (χ4n) is 4.68. The highest BCUT2D eigenvalue weighted by Crippen LogP contribution is 2.51. The first kappa shape index (κ1) is 19.7. The van der Waals surface area contributed by atoms with Crippen LogP contribution < -0.4 is 5.73 Å². The lowest BCUT2D eigenvalue weighted by Crippen LogP contribution is -2.47. The molecular weight excluding hydrogens is 380 g/mol. The number of carbonyl (C=O) groups excluding carboxylic acids is 1. The molecule has 2 heterocycles. The number of thiophene rings is 1. The zero-order chi connectivity index (χ0) is 21.1. The minimum atomic E-state index is -0.396. The number of nitrogens with two attached hydrogens (primary N) is 1. The third-order valence-corrected chi connectivity index (χ3v) is 7.23. The molecule has 0 saturated carbocycles. The van der Waals surface area contributed by atoms with Crippen molar-refractivity contribution in [3.63, 3.8) is 0 Å². The number of allylic oxidation sites excluding steroid dienone is 3. The van der Waals surface area contributed by atoms with Crippen molar-refractivity contribution >= 4 is 27.2 Å². The number of hydrogen-bond donors (Lipinski definition) is 1. The molecule has 2 N–H and O–H groups in total. The number of Topliss-reactive ketones (excluding diaryl/α,β-unsaturated/α-hetero) is 1. The molecule has 2 aromatic rings. The molecule has 2 aliphatic rings. The van der Waals surface area contributed by atoms with Gasteiger partial charge in [0.25, 0.3) is 0 Å². The second-order valence-corrected chi connectivity index (χ2v) is 9.98. The molecule has 0 amide bonds. The molecule has 0 saturated heterocycles. The van der Waals surface area contributed by atoms with E-state index in [9.17, 15) is 10.1 Å². The lowest BCUT2D eigenvalue weighted by Gasteiger charge is -2.45. The Morgan fingerprint density at radius 2 is 1.97 bits per heavy atom. The Morgan fingerprint density at radius 3 is 2.59 bits per heavy atom. The van der Waals surface area contributed by atoms with E-state index >= 15 is 0 Å². The van der Waals surface area contributed by atoms with E-state index in [1.54, 1.807) is 11.3 Å². The van der Waals surface area contributed by atoms with Gasteiger partial charge in [0, 0.05) is 41.4 Å². The monoisotopic (exact) mass is 406 g/mol. The normalized spacial score (nSPS) is 21.8. The summed E-state index contributed by atoms with van der Waals surface area (Å²) in [6, 6.07) is 10.6. The number of benzene rings is 1. The van der Waals surface area contributed by atoms with Crippen LogP contribution in [0.4, 0.5) is 0 Å². The highest BCUT2D eigenvalue weighted by Gasteiger charge is 2.45. The maximum Gasteiger partial charge on any atom is 0.162 e. The van der Waals surface area contributed by atoms with Gasteiger partial charge in [0.05, 0.1) is 17.6 Å². The zero-order valence-electron chi connectivity index (χ0n) is 17.5. The molecule has 0 spiro atoms. The summed E-state index contributed by atoms with van der Waals surface area (Å²) in [6.07, 6.45) is 1.22. The number of rotatable bonds is 2. The Bertz CT molecular complexity index is 1130. The summed E-state index contributed by atoms with van der Waals surface area (Å²) in [7, 11) is 3.78. The van der Waals surface area contributed by atoms with E-state index in [-0.39, 0.29) is 11.2 Å². The van der Waals surface area contributed by atoms with Crippen molar-refractivity contribution in [3.8, 4) is 6.07 Å². The van der Waals surface area contributed by atoms with E-state index in [2.05, 4.69) is 39.0 Å². The van der Waals surface area contributed by atoms with Gasteiger partial charge in [-0.1, -0.05) is 32.0 Å². The van der Waals surface area contributed by atoms with E-state index in [1.165, 1.54) is 5.39 Å². The van der Waals surface area contributed by atoms with Gasteiger partial charge >= 0.3 is 0 Å². The molecule has 1 aromatic carbocycles. The Hall–Kier alpha value is -2.62. The molecule has 1 atom stereocenters. The van der Waals surface area contributed by atoms with Crippen molar-refractivity contribution in [3.05, 3.63) is 57.4 Å². The third-order valence-electron chi connectivity index (χ3n) is 5.90. The summed E-state index contributed by atoms with van der Waals surface area (Å²) in [5.74, 6) is 0.140. The van der Waals surface area contributed by atoms with E-state index in [0.717, 1.165) is 32.8 Å². The Labute approximate surface area is 175 Å². The second kappa shape index (κ2) is 6.72. The van der Waals surface area contributed by atoms with Crippen LogP contribution in [0, 0.1) is 23.7 Å². The summed E-state index contributed by atoms with van der Waals surface area (Å²) in [4.78, 5) is 14.5. The molecule has 0 fully saturated rings. The van der Waals surface area contributed by atoms with Crippen molar-refractivity contribution in [2.75, 3.05) is 14.1 Å². The summed E-state index contributed by atoms with van der Waals surface area (Å²) >= 11 is 1.66. The van der Waals surface area contributed by atoms with Crippen LogP contribution in [0.15, 0.2) is 46.9 Å². The van der Waals surface area contributed by atoms with Crippen LogP contribution in [0.25, 0.3) is 10.1 Å². The van der Waals surface area contributed by atoms with Gasteiger partial charge in [0.2, 0.25) is 0 Å². The Kier molecular flexibility index (Phi) is 4.56. The topological polar surface area (TPSA) is 73.4 Å². The van der Waals surface area contributed by atoms with Crippen molar-refractivity contribution in [2.45, 2.75) is 39.5 Å². The highest BCUT2D eigenvalue weighted by molar-refractivity contribution is 7.19. The highest BCUT2D eigenvalue weighted by atomic mass is 32.1. The first-order chi connectivity index (χ1) is 13.7. The van der Waals surface area contributed by atoms with Gasteiger partial charge < -0.3 is 5.73 Å².